The van der Waals surface area contributed by atoms with Gasteiger partial charge in [0.05, 0.1) is 5.60 Å². The fraction of sp³-hybridized carbons (Fsp3) is 0.875. The number of nitrogens with one attached hydrogen (secondary N) is 1. The molecular weight excluding hydrogens is 222 g/mol. The van der Waals surface area contributed by atoms with Crippen LogP contribution in [0.5, 0.6) is 0 Å². The zero-order valence-corrected chi connectivity index (χ0v) is 12.3. The Morgan fingerprint density at radius 1 is 1.28 bits per heavy atom. The third kappa shape index (κ3) is 4.40. The molecule has 1 rings (SSSR count). The zero-order chi connectivity index (χ0) is 13.3. The van der Waals surface area contributed by atoms with Gasteiger partial charge in [-0.1, -0.05) is 38.7 Å². The lowest BCUT2D eigenvalue weighted by atomic mass is 9.83. The van der Waals surface area contributed by atoms with Crippen molar-refractivity contribution in [1.82, 2.24) is 5.32 Å². The number of rotatable bonds is 8. The first kappa shape index (κ1) is 15.7. The fourth-order valence-corrected chi connectivity index (χ4v) is 3.29. The Labute approximate surface area is 113 Å². The summed E-state index contributed by atoms with van der Waals surface area (Å²) in [7, 11) is 1.91. The molecule has 0 bridgehead atoms. The largest absolute Gasteiger partial charge is 0.377 e. The van der Waals surface area contributed by atoms with Gasteiger partial charge in [-0.25, -0.2) is 0 Å². The van der Waals surface area contributed by atoms with Crippen molar-refractivity contribution < 1.29 is 4.74 Å². The minimum Gasteiger partial charge on any atom is -0.377 e. The van der Waals surface area contributed by atoms with Gasteiger partial charge in [-0.15, -0.1) is 6.58 Å². The molecule has 1 fully saturated rings. The maximum absolute atomic E-state index is 6.02. The minimum atomic E-state index is 0.0771. The first-order chi connectivity index (χ1) is 8.79. The average Bonchev–Trinajstić information content (AvgIpc) is 2.64. The van der Waals surface area contributed by atoms with Gasteiger partial charge < -0.3 is 10.1 Å². The molecule has 1 atom stereocenters. The van der Waals surface area contributed by atoms with E-state index in [-0.39, 0.29) is 5.60 Å². The molecule has 1 saturated carbocycles. The number of ether oxygens (including phenoxy) is 1. The van der Waals surface area contributed by atoms with E-state index in [0.717, 1.165) is 13.0 Å². The Hall–Kier alpha value is -0.340. The molecule has 1 aliphatic rings. The summed E-state index contributed by atoms with van der Waals surface area (Å²) in [5.41, 5.74) is 0.0771. The highest BCUT2D eigenvalue weighted by Crippen LogP contribution is 2.34. The summed E-state index contributed by atoms with van der Waals surface area (Å²) in [6, 6.07) is 0.505. The van der Waals surface area contributed by atoms with Crippen molar-refractivity contribution in [2.24, 2.45) is 0 Å². The summed E-state index contributed by atoms with van der Waals surface area (Å²) < 4.78 is 6.02. The minimum absolute atomic E-state index is 0.0771. The number of allylic oxidation sites excluding steroid dienone is 1. The Kier molecular flexibility index (Phi) is 7.60. The SMILES string of the molecule is C=CCCCC(NCC)C1(OC)CCCCCC1. The van der Waals surface area contributed by atoms with Gasteiger partial charge in [-0.05, 0) is 38.6 Å². The monoisotopic (exact) mass is 253 g/mol. The highest BCUT2D eigenvalue weighted by atomic mass is 16.5. The number of hydrogen-bond donors (Lipinski definition) is 1. The molecule has 0 aromatic carbocycles. The molecule has 106 valence electrons. The smallest absolute Gasteiger partial charge is 0.0830 e. The van der Waals surface area contributed by atoms with Crippen LogP contribution in [0.1, 0.15) is 64.7 Å². The van der Waals surface area contributed by atoms with Crippen LogP contribution in [0.4, 0.5) is 0 Å². The van der Waals surface area contributed by atoms with Gasteiger partial charge in [-0.3, -0.25) is 0 Å². The maximum atomic E-state index is 6.02. The first-order valence-electron chi connectivity index (χ1n) is 7.68. The Balaban J connectivity index is 2.66. The van der Waals surface area contributed by atoms with Crippen molar-refractivity contribution in [2.45, 2.75) is 76.4 Å². The number of likely N-dealkylation sites (N-methyl/N-ethyl adjacent to an activating group) is 1. The predicted molar refractivity (Wildman–Crippen MR) is 79.0 cm³/mol. The molecular formula is C16H31NO. The lowest BCUT2D eigenvalue weighted by molar-refractivity contribution is -0.0547. The van der Waals surface area contributed by atoms with Crippen molar-refractivity contribution in [1.29, 1.82) is 0 Å². The van der Waals surface area contributed by atoms with Crippen LogP contribution in [-0.2, 0) is 4.74 Å². The van der Waals surface area contributed by atoms with Crippen molar-refractivity contribution >= 4 is 0 Å². The van der Waals surface area contributed by atoms with Crippen LogP contribution in [-0.4, -0.2) is 25.3 Å². The average molecular weight is 253 g/mol. The third-order valence-corrected chi connectivity index (χ3v) is 4.34. The summed E-state index contributed by atoms with van der Waals surface area (Å²) in [6.45, 7) is 7.04. The van der Waals surface area contributed by atoms with E-state index in [4.69, 9.17) is 4.74 Å². The maximum Gasteiger partial charge on any atom is 0.0830 e. The van der Waals surface area contributed by atoms with Crippen molar-refractivity contribution in [3.63, 3.8) is 0 Å². The Morgan fingerprint density at radius 3 is 2.44 bits per heavy atom. The molecule has 0 heterocycles. The topological polar surface area (TPSA) is 21.3 Å². The molecule has 1 unspecified atom stereocenters. The quantitative estimate of drug-likeness (QED) is 0.400. The summed E-state index contributed by atoms with van der Waals surface area (Å²) in [5.74, 6) is 0. The van der Waals surface area contributed by atoms with E-state index < -0.39 is 0 Å². The van der Waals surface area contributed by atoms with Crippen LogP contribution >= 0.6 is 0 Å². The number of unbranched alkanes of at least 4 members (excludes halogenated alkanes) is 1. The van der Waals surface area contributed by atoms with Crippen molar-refractivity contribution in [3.8, 4) is 0 Å². The first-order valence-corrected chi connectivity index (χ1v) is 7.68. The van der Waals surface area contributed by atoms with Crippen LogP contribution in [0.3, 0.4) is 0 Å². The number of methoxy groups -OCH3 is 1. The molecule has 1 aliphatic carbocycles. The third-order valence-electron chi connectivity index (χ3n) is 4.34. The molecule has 0 radical (unpaired) electrons. The number of hydrogen-bond acceptors (Lipinski definition) is 2. The summed E-state index contributed by atoms with van der Waals surface area (Å²) in [6.07, 6.45) is 13.4. The van der Waals surface area contributed by atoms with Gasteiger partial charge in [-0.2, -0.15) is 0 Å². The molecule has 1 N–H and O–H groups in total. The molecule has 2 nitrogen and oxygen atoms in total. The summed E-state index contributed by atoms with van der Waals surface area (Å²) >= 11 is 0. The molecule has 0 spiro atoms. The lowest BCUT2D eigenvalue weighted by Gasteiger charge is -2.40. The molecule has 2 heteroatoms. The zero-order valence-electron chi connectivity index (χ0n) is 12.3. The normalized spacial score (nSPS) is 21.2. The second-order valence-electron chi connectivity index (χ2n) is 5.51. The predicted octanol–water partition coefficient (Wildman–Crippen LogP) is 4.06. The van der Waals surface area contributed by atoms with E-state index >= 15 is 0 Å². The van der Waals surface area contributed by atoms with E-state index in [0.29, 0.717) is 6.04 Å². The molecule has 0 amide bonds. The van der Waals surface area contributed by atoms with Gasteiger partial charge in [0.2, 0.25) is 0 Å². The highest BCUT2D eigenvalue weighted by molar-refractivity contribution is 4.94. The summed E-state index contributed by atoms with van der Waals surface area (Å²) in [4.78, 5) is 0. The summed E-state index contributed by atoms with van der Waals surface area (Å²) in [5, 5.41) is 3.67. The molecule has 0 aromatic heterocycles. The Bertz CT molecular complexity index is 219. The fourth-order valence-electron chi connectivity index (χ4n) is 3.29. The van der Waals surface area contributed by atoms with Crippen LogP contribution < -0.4 is 5.32 Å². The van der Waals surface area contributed by atoms with Crippen LogP contribution in [0, 0.1) is 0 Å². The standard InChI is InChI=1S/C16H31NO/c1-4-6-9-12-15(17-5-2)16(18-3)13-10-7-8-11-14-16/h4,15,17H,1,5-14H2,2-3H3. The van der Waals surface area contributed by atoms with E-state index in [1.807, 2.05) is 13.2 Å². The molecule has 0 aliphatic heterocycles. The van der Waals surface area contributed by atoms with E-state index in [9.17, 15) is 0 Å². The van der Waals surface area contributed by atoms with Crippen LogP contribution in [0.15, 0.2) is 12.7 Å². The van der Waals surface area contributed by atoms with E-state index in [1.165, 1.54) is 51.4 Å². The van der Waals surface area contributed by atoms with Crippen molar-refractivity contribution in [3.05, 3.63) is 12.7 Å². The molecule has 18 heavy (non-hydrogen) atoms. The van der Waals surface area contributed by atoms with Gasteiger partial charge in [0.15, 0.2) is 0 Å². The van der Waals surface area contributed by atoms with Gasteiger partial charge in [0.25, 0.3) is 0 Å². The van der Waals surface area contributed by atoms with Gasteiger partial charge in [0, 0.05) is 13.2 Å². The Morgan fingerprint density at radius 2 is 1.94 bits per heavy atom. The van der Waals surface area contributed by atoms with Gasteiger partial charge >= 0.3 is 0 Å². The highest BCUT2D eigenvalue weighted by Gasteiger charge is 2.38. The molecule has 0 aromatic rings. The van der Waals surface area contributed by atoms with E-state index in [1.54, 1.807) is 0 Å². The molecule has 0 saturated heterocycles. The van der Waals surface area contributed by atoms with Crippen molar-refractivity contribution in [2.75, 3.05) is 13.7 Å². The second-order valence-corrected chi connectivity index (χ2v) is 5.51. The van der Waals surface area contributed by atoms with Gasteiger partial charge in [0.1, 0.15) is 0 Å². The van der Waals surface area contributed by atoms with E-state index in [2.05, 4.69) is 18.8 Å². The lowest BCUT2D eigenvalue weighted by Crippen LogP contribution is -2.51. The van der Waals surface area contributed by atoms with Crippen LogP contribution in [0.25, 0.3) is 0 Å². The second kappa shape index (κ2) is 8.71. The van der Waals surface area contributed by atoms with Crippen LogP contribution in [0.2, 0.25) is 0 Å².